The molecule has 104 valence electrons. The van der Waals surface area contributed by atoms with E-state index in [0.29, 0.717) is 0 Å². The number of nitrogens with zero attached hydrogens (tertiary/aromatic N) is 3. The summed E-state index contributed by atoms with van der Waals surface area (Å²) < 4.78 is 2.00. The second-order valence-corrected chi connectivity index (χ2v) is 5.97. The van der Waals surface area contributed by atoms with Crippen molar-refractivity contribution in [1.82, 2.24) is 14.4 Å². The number of rotatable bonds is 5. The van der Waals surface area contributed by atoms with E-state index >= 15 is 0 Å². The molecule has 0 aliphatic heterocycles. The third-order valence-corrected chi connectivity index (χ3v) is 2.72. The Hall–Kier alpha value is -1.78. The van der Waals surface area contributed by atoms with Crippen molar-refractivity contribution < 1.29 is 0 Å². The highest BCUT2D eigenvalue weighted by molar-refractivity contribution is 5.65. The van der Waals surface area contributed by atoms with Crippen LogP contribution in [-0.2, 0) is 0 Å². The van der Waals surface area contributed by atoms with Gasteiger partial charge in [-0.3, -0.25) is 0 Å². The van der Waals surface area contributed by atoms with E-state index in [2.05, 4.69) is 48.3 Å². The van der Waals surface area contributed by atoms with Gasteiger partial charge in [0.15, 0.2) is 11.5 Å². The normalized spacial score (nSPS) is 11.8. The van der Waals surface area contributed by atoms with E-state index in [1.54, 1.807) is 6.20 Å². The van der Waals surface area contributed by atoms with Gasteiger partial charge in [-0.2, -0.15) is 0 Å². The monoisotopic (exact) mass is 261 g/mol. The highest BCUT2D eigenvalue weighted by Crippen LogP contribution is 2.19. The molecule has 0 aromatic carbocycles. The van der Waals surface area contributed by atoms with Crippen LogP contribution in [0.15, 0.2) is 18.6 Å². The fraction of sp³-hybridized carbons (Fsp3) is 0.571. The van der Waals surface area contributed by atoms with Crippen LogP contribution in [0.1, 0.15) is 34.1 Å². The number of hydrogen-bond acceptors (Lipinski definition) is 4. The third kappa shape index (κ3) is 3.59. The maximum atomic E-state index is 4.61. The van der Waals surface area contributed by atoms with Gasteiger partial charge in [-0.25, -0.2) is 9.97 Å². The average molecular weight is 261 g/mol. The first-order valence-corrected chi connectivity index (χ1v) is 6.81. The smallest absolute Gasteiger partial charge is 0.180 e. The van der Waals surface area contributed by atoms with Crippen LogP contribution >= 0.6 is 0 Å². The first-order chi connectivity index (χ1) is 8.99. The lowest BCUT2D eigenvalue weighted by Gasteiger charge is -2.19. The molecule has 5 heteroatoms. The fourth-order valence-electron chi connectivity index (χ4n) is 1.74. The maximum Gasteiger partial charge on any atom is 0.180 e. The molecule has 0 atom stereocenters. The van der Waals surface area contributed by atoms with Gasteiger partial charge in [0.1, 0.15) is 5.82 Å². The molecule has 0 spiro atoms. The molecule has 0 saturated heterocycles. The average Bonchev–Trinajstić information content (AvgIpc) is 2.80. The van der Waals surface area contributed by atoms with Crippen molar-refractivity contribution >= 4 is 17.3 Å². The maximum absolute atomic E-state index is 4.61. The SMILES string of the molecule is CCCNc1cn2ccnc2c(NCC(C)(C)C)n1. The summed E-state index contributed by atoms with van der Waals surface area (Å²) in [6, 6.07) is 0. The minimum atomic E-state index is 0.206. The van der Waals surface area contributed by atoms with Gasteiger partial charge >= 0.3 is 0 Å². The summed E-state index contributed by atoms with van der Waals surface area (Å²) in [4.78, 5) is 8.96. The molecule has 19 heavy (non-hydrogen) atoms. The van der Waals surface area contributed by atoms with Gasteiger partial charge in [0.05, 0.1) is 6.20 Å². The zero-order valence-electron chi connectivity index (χ0n) is 12.2. The van der Waals surface area contributed by atoms with Crippen LogP contribution in [0.3, 0.4) is 0 Å². The molecule has 2 heterocycles. The zero-order valence-corrected chi connectivity index (χ0v) is 12.2. The van der Waals surface area contributed by atoms with Crippen LogP contribution in [0.4, 0.5) is 11.6 Å². The Balaban J connectivity index is 2.26. The lowest BCUT2D eigenvalue weighted by Crippen LogP contribution is -2.20. The first kappa shape index (κ1) is 13.6. The molecular formula is C14H23N5. The molecule has 2 aromatic rings. The molecule has 2 rings (SSSR count). The van der Waals surface area contributed by atoms with Gasteiger partial charge in [0.2, 0.25) is 0 Å². The van der Waals surface area contributed by atoms with Crippen molar-refractivity contribution in [2.24, 2.45) is 5.41 Å². The largest absolute Gasteiger partial charge is 0.369 e. The van der Waals surface area contributed by atoms with Crippen LogP contribution in [0.25, 0.3) is 5.65 Å². The Morgan fingerprint density at radius 2 is 2.05 bits per heavy atom. The van der Waals surface area contributed by atoms with Crippen molar-refractivity contribution in [3.63, 3.8) is 0 Å². The number of aromatic nitrogens is 3. The number of anilines is 2. The van der Waals surface area contributed by atoms with Crippen molar-refractivity contribution in [2.45, 2.75) is 34.1 Å². The summed E-state index contributed by atoms with van der Waals surface area (Å²) in [7, 11) is 0. The van der Waals surface area contributed by atoms with Crippen molar-refractivity contribution in [3.8, 4) is 0 Å². The minimum absolute atomic E-state index is 0.206. The van der Waals surface area contributed by atoms with E-state index < -0.39 is 0 Å². The molecule has 0 bridgehead atoms. The molecule has 0 amide bonds. The van der Waals surface area contributed by atoms with Crippen molar-refractivity contribution in [2.75, 3.05) is 23.7 Å². The lowest BCUT2D eigenvalue weighted by molar-refractivity contribution is 0.442. The number of nitrogens with one attached hydrogen (secondary N) is 2. The quantitative estimate of drug-likeness (QED) is 0.868. The van der Waals surface area contributed by atoms with E-state index in [-0.39, 0.29) is 5.41 Å². The molecule has 5 nitrogen and oxygen atoms in total. The highest BCUT2D eigenvalue weighted by Gasteiger charge is 2.13. The van der Waals surface area contributed by atoms with E-state index in [0.717, 1.165) is 36.8 Å². The first-order valence-electron chi connectivity index (χ1n) is 6.81. The summed E-state index contributed by atoms with van der Waals surface area (Å²) in [6.07, 6.45) is 6.79. The molecule has 0 aliphatic carbocycles. The van der Waals surface area contributed by atoms with Gasteiger partial charge in [-0.15, -0.1) is 0 Å². The standard InChI is InChI=1S/C14H23N5/c1-5-6-15-11-9-19-8-7-16-13(19)12(18-11)17-10-14(2,3)4/h7-9,15H,5-6,10H2,1-4H3,(H,17,18). The predicted molar refractivity (Wildman–Crippen MR) is 79.7 cm³/mol. The van der Waals surface area contributed by atoms with E-state index in [1.807, 2.05) is 16.8 Å². The second kappa shape index (κ2) is 5.47. The fourth-order valence-corrected chi connectivity index (χ4v) is 1.74. The van der Waals surface area contributed by atoms with E-state index in [1.165, 1.54) is 0 Å². The summed E-state index contributed by atoms with van der Waals surface area (Å²) in [5.74, 6) is 1.71. The van der Waals surface area contributed by atoms with Crippen molar-refractivity contribution in [1.29, 1.82) is 0 Å². The number of hydrogen-bond donors (Lipinski definition) is 2. The Kier molecular flexibility index (Phi) is 3.93. The Morgan fingerprint density at radius 1 is 1.26 bits per heavy atom. The van der Waals surface area contributed by atoms with Crippen LogP contribution < -0.4 is 10.6 Å². The van der Waals surface area contributed by atoms with E-state index in [4.69, 9.17) is 0 Å². The summed E-state index contributed by atoms with van der Waals surface area (Å²) >= 11 is 0. The van der Waals surface area contributed by atoms with Crippen LogP contribution in [0, 0.1) is 5.41 Å². The second-order valence-electron chi connectivity index (χ2n) is 5.97. The molecule has 0 radical (unpaired) electrons. The van der Waals surface area contributed by atoms with Gasteiger partial charge in [0.25, 0.3) is 0 Å². The number of fused-ring (bicyclic) bond motifs is 1. The summed E-state index contributed by atoms with van der Waals surface area (Å²) in [5.41, 5.74) is 1.07. The summed E-state index contributed by atoms with van der Waals surface area (Å²) in [5, 5.41) is 6.71. The predicted octanol–water partition coefficient (Wildman–Crippen LogP) is 3.01. The molecule has 2 N–H and O–H groups in total. The zero-order chi connectivity index (χ0) is 13.9. The Bertz CT molecular complexity index is 538. The van der Waals surface area contributed by atoms with Gasteiger partial charge in [-0.1, -0.05) is 27.7 Å². The lowest BCUT2D eigenvalue weighted by atomic mass is 9.97. The molecular weight excluding hydrogens is 238 g/mol. The van der Waals surface area contributed by atoms with E-state index in [9.17, 15) is 0 Å². The molecule has 0 unspecified atom stereocenters. The Labute approximate surface area is 114 Å². The van der Waals surface area contributed by atoms with Gasteiger partial charge < -0.3 is 15.0 Å². The molecule has 0 fully saturated rings. The van der Waals surface area contributed by atoms with Crippen LogP contribution in [0.2, 0.25) is 0 Å². The van der Waals surface area contributed by atoms with Gasteiger partial charge in [-0.05, 0) is 11.8 Å². The van der Waals surface area contributed by atoms with Gasteiger partial charge in [0, 0.05) is 25.5 Å². The van der Waals surface area contributed by atoms with Crippen LogP contribution in [0.5, 0.6) is 0 Å². The number of imidazole rings is 1. The molecule has 2 aromatic heterocycles. The molecule has 0 saturated carbocycles. The molecule has 0 aliphatic rings. The topological polar surface area (TPSA) is 54.2 Å². The van der Waals surface area contributed by atoms with Crippen molar-refractivity contribution in [3.05, 3.63) is 18.6 Å². The minimum Gasteiger partial charge on any atom is -0.369 e. The highest BCUT2D eigenvalue weighted by atomic mass is 15.1. The van der Waals surface area contributed by atoms with Crippen LogP contribution in [-0.4, -0.2) is 27.5 Å². The summed E-state index contributed by atoms with van der Waals surface area (Å²) in [6.45, 7) is 10.5. The third-order valence-electron chi connectivity index (χ3n) is 2.72. The Morgan fingerprint density at radius 3 is 2.74 bits per heavy atom.